The summed E-state index contributed by atoms with van der Waals surface area (Å²) in [7, 11) is 0. The second-order valence-corrected chi connectivity index (χ2v) is 5.69. The maximum atomic E-state index is 11.8. The van der Waals surface area contributed by atoms with Gasteiger partial charge in [-0.2, -0.15) is 0 Å². The summed E-state index contributed by atoms with van der Waals surface area (Å²) >= 11 is 0. The third kappa shape index (κ3) is 3.46. The summed E-state index contributed by atoms with van der Waals surface area (Å²) in [5.41, 5.74) is 2.67. The van der Waals surface area contributed by atoms with Crippen molar-refractivity contribution in [2.75, 3.05) is 13.1 Å². The van der Waals surface area contributed by atoms with Crippen molar-refractivity contribution in [2.45, 2.75) is 32.6 Å². The normalized spacial score (nSPS) is 19.2. The van der Waals surface area contributed by atoms with Crippen LogP contribution in [0.4, 0.5) is 0 Å². The van der Waals surface area contributed by atoms with Gasteiger partial charge in [-0.05, 0) is 23.5 Å². The number of hydrogen-bond acceptors (Lipinski definition) is 1. The molecule has 1 aromatic rings. The second-order valence-electron chi connectivity index (χ2n) is 5.69. The van der Waals surface area contributed by atoms with E-state index >= 15 is 0 Å². The molecule has 0 aliphatic carbocycles. The van der Waals surface area contributed by atoms with E-state index in [0.29, 0.717) is 18.3 Å². The van der Waals surface area contributed by atoms with E-state index in [-0.39, 0.29) is 5.91 Å². The molecule has 1 aliphatic rings. The van der Waals surface area contributed by atoms with Gasteiger partial charge in [0.2, 0.25) is 5.91 Å². The fraction of sp³-hybridized carbons (Fsp3) is 0.471. The van der Waals surface area contributed by atoms with Crippen LogP contribution in [0.1, 0.15) is 37.3 Å². The third-order valence-corrected chi connectivity index (χ3v) is 3.89. The molecule has 2 nitrogen and oxygen atoms in total. The molecule has 2 rings (SSSR count). The highest BCUT2D eigenvalue weighted by Crippen LogP contribution is 2.19. The minimum Gasteiger partial charge on any atom is -0.342 e. The fourth-order valence-corrected chi connectivity index (χ4v) is 2.51. The molecule has 1 aromatic carbocycles. The van der Waals surface area contributed by atoms with Crippen molar-refractivity contribution in [3.63, 3.8) is 0 Å². The Hall–Kier alpha value is -1.57. The maximum Gasteiger partial charge on any atom is 0.223 e. The Morgan fingerprint density at radius 2 is 2.05 bits per heavy atom. The minimum absolute atomic E-state index is 0.267. The molecule has 1 fully saturated rings. The number of carbonyl (C=O) groups excluding carboxylic acids is 1. The average molecular weight is 257 g/mol. The molecule has 1 heterocycles. The molecule has 102 valence electrons. The Labute approximate surface area is 116 Å². The highest BCUT2D eigenvalue weighted by Gasteiger charge is 2.26. The van der Waals surface area contributed by atoms with Gasteiger partial charge in [0.05, 0.1) is 0 Å². The van der Waals surface area contributed by atoms with Crippen LogP contribution in [0.5, 0.6) is 0 Å². The van der Waals surface area contributed by atoms with Gasteiger partial charge in [0.15, 0.2) is 0 Å². The van der Waals surface area contributed by atoms with Gasteiger partial charge in [-0.3, -0.25) is 4.79 Å². The molecule has 0 N–H and O–H groups in total. The molecule has 2 heteroatoms. The Morgan fingerprint density at radius 3 is 2.58 bits per heavy atom. The van der Waals surface area contributed by atoms with Gasteiger partial charge in [-0.1, -0.05) is 44.2 Å². The maximum absolute atomic E-state index is 11.8. The van der Waals surface area contributed by atoms with E-state index in [1.807, 2.05) is 11.0 Å². The Kier molecular flexibility index (Phi) is 4.41. The summed E-state index contributed by atoms with van der Waals surface area (Å²) in [5.74, 6) is 1.18. The molecule has 0 spiro atoms. The van der Waals surface area contributed by atoms with Gasteiger partial charge < -0.3 is 4.90 Å². The zero-order valence-corrected chi connectivity index (χ0v) is 11.9. The molecule has 1 amide bonds. The highest BCUT2D eigenvalue weighted by molar-refractivity contribution is 5.79. The van der Waals surface area contributed by atoms with Crippen LogP contribution in [-0.4, -0.2) is 23.9 Å². The van der Waals surface area contributed by atoms with Crippen LogP contribution in [0.15, 0.2) is 36.9 Å². The van der Waals surface area contributed by atoms with E-state index < -0.39 is 0 Å². The number of carbonyl (C=O) groups is 1. The number of amides is 1. The third-order valence-electron chi connectivity index (χ3n) is 3.89. The van der Waals surface area contributed by atoms with E-state index in [0.717, 1.165) is 19.5 Å². The number of nitrogens with zero attached hydrogens (tertiary/aromatic N) is 1. The molecule has 1 unspecified atom stereocenters. The number of rotatable bonds is 5. The monoisotopic (exact) mass is 257 g/mol. The first-order chi connectivity index (χ1) is 9.10. The molecule has 1 saturated heterocycles. The molecule has 0 saturated carbocycles. The quantitative estimate of drug-likeness (QED) is 0.740. The molecule has 1 aliphatic heterocycles. The van der Waals surface area contributed by atoms with Crippen molar-refractivity contribution in [3.05, 3.63) is 48.0 Å². The van der Waals surface area contributed by atoms with Gasteiger partial charge in [-0.15, -0.1) is 6.58 Å². The smallest absolute Gasteiger partial charge is 0.223 e. The standard InChI is InChI=1S/C17H23NO/c1-4-14-11-17(19)18(12-14)10-9-15-5-7-16(8-6-15)13(2)3/h4-8,13-14H,1,9-12H2,2-3H3. The van der Waals surface area contributed by atoms with Crippen LogP contribution in [-0.2, 0) is 11.2 Å². The van der Waals surface area contributed by atoms with Crippen LogP contribution in [0, 0.1) is 5.92 Å². The zero-order valence-electron chi connectivity index (χ0n) is 11.9. The fourth-order valence-electron chi connectivity index (χ4n) is 2.51. The number of benzene rings is 1. The average Bonchev–Trinajstić information content (AvgIpc) is 2.77. The second kappa shape index (κ2) is 6.05. The van der Waals surface area contributed by atoms with E-state index in [2.05, 4.69) is 44.7 Å². The lowest BCUT2D eigenvalue weighted by Gasteiger charge is -2.16. The molecule has 0 bridgehead atoms. The summed E-state index contributed by atoms with van der Waals surface area (Å²) in [4.78, 5) is 13.7. The van der Waals surface area contributed by atoms with Crippen molar-refractivity contribution in [1.82, 2.24) is 4.90 Å². The molecule has 19 heavy (non-hydrogen) atoms. The van der Waals surface area contributed by atoms with Gasteiger partial charge in [0.25, 0.3) is 0 Å². The molecule has 1 atom stereocenters. The SMILES string of the molecule is C=CC1CC(=O)N(CCc2ccc(C(C)C)cc2)C1. The predicted octanol–water partition coefficient (Wildman–Crippen LogP) is 3.39. The van der Waals surface area contributed by atoms with Gasteiger partial charge in [-0.25, -0.2) is 0 Å². The van der Waals surface area contributed by atoms with Gasteiger partial charge >= 0.3 is 0 Å². The first-order valence-electron chi connectivity index (χ1n) is 7.09. The summed E-state index contributed by atoms with van der Waals surface area (Å²) in [6.07, 6.45) is 3.47. The Morgan fingerprint density at radius 1 is 1.37 bits per heavy atom. The summed E-state index contributed by atoms with van der Waals surface area (Å²) in [5, 5.41) is 0. The lowest BCUT2D eigenvalue weighted by atomic mass is 10.0. The minimum atomic E-state index is 0.267. The molecule has 0 aromatic heterocycles. The van der Waals surface area contributed by atoms with Crippen LogP contribution in [0.3, 0.4) is 0 Å². The lowest BCUT2D eigenvalue weighted by molar-refractivity contribution is -0.127. The Bertz CT molecular complexity index is 447. The number of hydrogen-bond donors (Lipinski definition) is 0. The van der Waals surface area contributed by atoms with Crippen LogP contribution >= 0.6 is 0 Å². The first-order valence-corrected chi connectivity index (χ1v) is 7.09. The van der Waals surface area contributed by atoms with E-state index in [1.165, 1.54) is 11.1 Å². The largest absolute Gasteiger partial charge is 0.342 e. The van der Waals surface area contributed by atoms with Crippen LogP contribution < -0.4 is 0 Å². The topological polar surface area (TPSA) is 20.3 Å². The first kappa shape index (κ1) is 13.9. The van der Waals surface area contributed by atoms with Gasteiger partial charge in [0.1, 0.15) is 0 Å². The predicted molar refractivity (Wildman–Crippen MR) is 79.1 cm³/mol. The van der Waals surface area contributed by atoms with Crippen molar-refractivity contribution < 1.29 is 4.79 Å². The van der Waals surface area contributed by atoms with E-state index in [4.69, 9.17) is 0 Å². The van der Waals surface area contributed by atoms with Crippen molar-refractivity contribution in [3.8, 4) is 0 Å². The van der Waals surface area contributed by atoms with Crippen LogP contribution in [0.2, 0.25) is 0 Å². The zero-order chi connectivity index (χ0) is 13.8. The summed E-state index contributed by atoms with van der Waals surface area (Å²) in [6.45, 7) is 9.84. The van der Waals surface area contributed by atoms with E-state index in [1.54, 1.807) is 0 Å². The number of likely N-dealkylation sites (tertiary alicyclic amines) is 1. The van der Waals surface area contributed by atoms with Crippen LogP contribution in [0.25, 0.3) is 0 Å². The van der Waals surface area contributed by atoms with E-state index in [9.17, 15) is 4.79 Å². The van der Waals surface area contributed by atoms with Crippen molar-refractivity contribution in [1.29, 1.82) is 0 Å². The van der Waals surface area contributed by atoms with Crippen molar-refractivity contribution >= 4 is 5.91 Å². The Balaban J connectivity index is 1.88. The lowest BCUT2D eigenvalue weighted by Crippen LogP contribution is -2.27. The summed E-state index contributed by atoms with van der Waals surface area (Å²) < 4.78 is 0. The van der Waals surface area contributed by atoms with Gasteiger partial charge in [0, 0.05) is 25.4 Å². The van der Waals surface area contributed by atoms with Crippen molar-refractivity contribution in [2.24, 2.45) is 5.92 Å². The highest BCUT2D eigenvalue weighted by atomic mass is 16.2. The molecular formula is C17H23NO. The molecule has 0 radical (unpaired) electrons. The summed E-state index contributed by atoms with van der Waals surface area (Å²) in [6, 6.07) is 8.75. The molecular weight excluding hydrogens is 234 g/mol.